The fourth-order valence-electron chi connectivity index (χ4n) is 3.57. The summed E-state index contributed by atoms with van der Waals surface area (Å²) < 4.78 is 29.2. The number of halogens is 1. The maximum Gasteiger partial charge on any atom is 0.323 e. The largest absolute Gasteiger partial charge is 0.352 e. The van der Waals surface area contributed by atoms with Gasteiger partial charge in [0, 0.05) is 38.9 Å². The molecule has 1 aliphatic rings. The summed E-state index contributed by atoms with van der Waals surface area (Å²) >= 11 is 6.19. The molecule has 1 fully saturated rings. The van der Waals surface area contributed by atoms with E-state index in [0.29, 0.717) is 5.69 Å². The predicted molar refractivity (Wildman–Crippen MR) is 120 cm³/mol. The number of urea groups is 1. The zero-order valence-electron chi connectivity index (χ0n) is 18.0. The average Bonchev–Trinajstić information content (AvgIpc) is 3.28. The molecule has 3 rings (SSSR count). The topological polar surface area (TPSA) is 143 Å². The lowest BCUT2D eigenvalue weighted by Crippen LogP contribution is -2.55. The fourth-order valence-corrected chi connectivity index (χ4v) is 5.82. The number of carbonyl (C=O) groups is 2. The van der Waals surface area contributed by atoms with Crippen LogP contribution in [0.25, 0.3) is 0 Å². The number of rotatable bonds is 6. The van der Waals surface area contributed by atoms with E-state index in [1.807, 2.05) is 13.0 Å². The molecular formula is C19H26ClN7O4S. The van der Waals surface area contributed by atoms with Crippen LogP contribution in [-0.2, 0) is 21.9 Å². The van der Waals surface area contributed by atoms with Crippen LogP contribution in [0.4, 0.5) is 10.5 Å². The van der Waals surface area contributed by atoms with E-state index in [-0.39, 0.29) is 41.9 Å². The highest BCUT2D eigenvalue weighted by molar-refractivity contribution is 7.89. The zero-order chi connectivity index (χ0) is 23.6. The van der Waals surface area contributed by atoms with Crippen molar-refractivity contribution in [2.45, 2.75) is 24.9 Å². The SMILES string of the molecule is Cc1cccc(NC(=O)N2CCN(S(=O)(=O)c3c(C)nn(C)c3Cl)C2C(=O)NCCN)c1. The van der Waals surface area contributed by atoms with Gasteiger partial charge < -0.3 is 16.4 Å². The molecule has 2 heterocycles. The Morgan fingerprint density at radius 2 is 2.00 bits per heavy atom. The van der Waals surface area contributed by atoms with Crippen molar-refractivity contribution in [1.82, 2.24) is 24.3 Å². The van der Waals surface area contributed by atoms with E-state index in [4.69, 9.17) is 17.3 Å². The lowest BCUT2D eigenvalue weighted by atomic mass is 10.2. The van der Waals surface area contributed by atoms with Crippen LogP contribution in [0.3, 0.4) is 0 Å². The molecule has 1 aromatic heterocycles. The Balaban J connectivity index is 1.96. The highest BCUT2D eigenvalue weighted by Crippen LogP contribution is 2.31. The number of sulfonamides is 1. The Morgan fingerprint density at radius 1 is 1.28 bits per heavy atom. The Hall–Kier alpha value is -2.67. The van der Waals surface area contributed by atoms with E-state index in [1.54, 1.807) is 18.2 Å². The number of aromatic nitrogens is 2. The molecule has 1 aliphatic heterocycles. The first-order valence-electron chi connectivity index (χ1n) is 9.91. The standard InChI is InChI=1S/C19H26ClN7O4S/c1-12-5-4-6-14(11-12)23-19(29)26-9-10-27(18(26)17(28)22-8-7-21)32(30,31)15-13(2)24-25(3)16(15)20/h4-6,11,18H,7-10,21H2,1-3H3,(H,22,28)(H,23,29). The molecule has 4 N–H and O–H groups in total. The molecule has 1 aromatic carbocycles. The van der Waals surface area contributed by atoms with Gasteiger partial charge in [0.05, 0.1) is 5.69 Å². The molecule has 1 saturated heterocycles. The van der Waals surface area contributed by atoms with Crippen molar-refractivity contribution >= 4 is 39.2 Å². The second-order valence-corrected chi connectivity index (χ2v) is 9.58. The van der Waals surface area contributed by atoms with Gasteiger partial charge in [-0.05, 0) is 31.5 Å². The second kappa shape index (κ2) is 9.45. The maximum atomic E-state index is 13.5. The van der Waals surface area contributed by atoms with Crippen molar-refractivity contribution in [2.24, 2.45) is 12.8 Å². The second-order valence-electron chi connectivity index (χ2n) is 7.39. The summed E-state index contributed by atoms with van der Waals surface area (Å²) in [6, 6.07) is 6.53. The van der Waals surface area contributed by atoms with Crippen molar-refractivity contribution in [3.8, 4) is 0 Å². The van der Waals surface area contributed by atoms with Crippen molar-refractivity contribution in [2.75, 3.05) is 31.5 Å². The minimum Gasteiger partial charge on any atom is -0.352 e. The summed E-state index contributed by atoms with van der Waals surface area (Å²) in [5.41, 5.74) is 7.14. The van der Waals surface area contributed by atoms with Crippen LogP contribution >= 0.6 is 11.6 Å². The molecule has 0 bridgehead atoms. The van der Waals surface area contributed by atoms with E-state index in [9.17, 15) is 18.0 Å². The number of nitrogens with one attached hydrogen (secondary N) is 2. The predicted octanol–water partition coefficient (Wildman–Crippen LogP) is 0.630. The van der Waals surface area contributed by atoms with Crippen LogP contribution in [0.15, 0.2) is 29.2 Å². The minimum absolute atomic E-state index is 0.00845. The number of hydrogen-bond donors (Lipinski definition) is 3. The molecular weight excluding hydrogens is 458 g/mol. The third-order valence-electron chi connectivity index (χ3n) is 5.00. The summed E-state index contributed by atoms with van der Waals surface area (Å²) in [6.07, 6.45) is -1.41. The number of amides is 3. The molecule has 0 radical (unpaired) electrons. The maximum absolute atomic E-state index is 13.5. The number of nitrogens with zero attached hydrogens (tertiary/aromatic N) is 4. The molecule has 11 nitrogen and oxygen atoms in total. The Morgan fingerprint density at radius 3 is 2.59 bits per heavy atom. The number of hydrogen-bond acceptors (Lipinski definition) is 6. The summed E-state index contributed by atoms with van der Waals surface area (Å²) in [4.78, 5) is 26.9. The minimum atomic E-state index is -4.24. The molecule has 1 unspecified atom stereocenters. The fraction of sp³-hybridized carbons (Fsp3) is 0.421. The van der Waals surface area contributed by atoms with Crippen LogP contribution in [0.1, 0.15) is 11.3 Å². The number of anilines is 1. The number of benzene rings is 1. The zero-order valence-corrected chi connectivity index (χ0v) is 19.6. The van der Waals surface area contributed by atoms with E-state index in [2.05, 4.69) is 15.7 Å². The number of nitrogens with two attached hydrogens (primary N) is 1. The van der Waals surface area contributed by atoms with Gasteiger partial charge in [-0.15, -0.1) is 0 Å². The number of aryl methyl sites for hydroxylation is 3. The first-order chi connectivity index (χ1) is 15.1. The van der Waals surface area contributed by atoms with Crippen molar-refractivity contribution in [1.29, 1.82) is 0 Å². The summed E-state index contributed by atoms with van der Waals surface area (Å²) in [5, 5.41) is 9.27. The van der Waals surface area contributed by atoms with E-state index in [0.717, 1.165) is 9.87 Å². The smallest absolute Gasteiger partial charge is 0.323 e. The third kappa shape index (κ3) is 4.58. The lowest BCUT2D eigenvalue weighted by molar-refractivity contribution is -0.127. The molecule has 1 atom stereocenters. The molecule has 13 heteroatoms. The molecule has 0 spiro atoms. The Labute approximate surface area is 191 Å². The summed E-state index contributed by atoms with van der Waals surface area (Å²) in [7, 11) is -2.72. The van der Waals surface area contributed by atoms with Crippen LogP contribution < -0.4 is 16.4 Å². The average molecular weight is 484 g/mol. The highest BCUT2D eigenvalue weighted by atomic mass is 35.5. The first-order valence-corrected chi connectivity index (χ1v) is 11.7. The highest BCUT2D eigenvalue weighted by Gasteiger charge is 2.48. The molecule has 3 amide bonds. The van der Waals surface area contributed by atoms with Gasteiger partial charge in [0.25, 0.3) is 5.91 Å². The van der Waals surface area contributed by atoms with Gasteiger partial charge in [-0.1, -0.05) is 23.7 Å². The molecule has 0 aliphatic carbocycles. The van der Waals surface area contributed by atoms with Crippen LogP contribution in [0.2, 0.25) is 5.15 Å². The van der Waals surface area contributed by atoms with Crippen LogP contribution in [0.5, 0.6) is 0 Å². The van der Waals surface area contributed by atoms with Gasteiger partial charge in [-0.25, -0.2) is 13.2 Å². The lowest BCUT2D eigenvalue weighted by Gasteiger charge is -2.28. The van der Waals surface area contributed by atoms with E-state index in [1.165, 1.54) is 23.6 Å². The van der Waals surface area contributed by atoms with E-state index >= 15 is 0 Å². The normalized spacial score (nSPS) is 16.9. The van der Waals surface area contributed by atoms with Crippen molar-refractivity contribution < 1.29 is 18.0 Å². The van der Waals surface area contributed by atoms with Gasteiger partial charge in [-0.2, -0.15) is 9.40 Å². The van der Waals surface area contributed by atoms with Gasteiger partial charge in [0.1, 0.15) is 10.0 Å². The van der Waals surface area contributed by atoms with Crippen molar-refractivity contribution in [3.05, 3.63) is 40.7 Å². The first kappa shape index (κ1) is 24.0. The van der Waals surface area contributed by atoms with Gasteiger partial charge in [0.2, 0.25) is 10.0 Å². The van der Waals surface area contributed by atoms with Crippen LogP contribution in [-0.4, -0.2) is 71.7 Å². The molecule has 174 valence electrons. The van der Waals surface area contributed by atoms with Gasteiger partial charge >= 0.3 is 6.03 Å². The Kier molecular flexibility index (Phi) is 7.08. The van der Waals surface area contributed by atoms with Gasteiger partial charge in [-0.3, -0.25) is 14.4 Å². The third-order valence-corrected chi connectivity index (χ3v) is 7.55. The molecule has 2 aromatic rings. The van der Waals surface area contributed by atoms with Crippen molar-refractivity contribution in [3.63, 3.8) is 0 Å². The monoisotopic (exact) mass is 483 g/mol. The van der Waals surface area contributed by atoms with E-state index < -0.39 is 28.1 Å². The number of carbonyl (C=O) groups excluding carboxylic acids is 2. The summed E-state index contributed by atoms with van der Waals surface area (Å²) in [6.45, 7) is 3.60. The molecule has 32 heavy (non-hydrogen) atoms. The summed E-state index contributed by atoms with van der Waals surface area (Å²) in [5.74, 6) is -0.659. The molecule has 0 saturated carbocycles. The van der Waals surface area contributed by atoms with Crippen LogP contribution in [0, 0.1) is 13.8 Å². The Bertz CT molecular complexity index is 1130. The quantitative estimate of drug-likeness (QED) is 0.550. The van der Waals surface area contributed by atoms with Gasteiger partial charge in [0.15, 0.2) is 6.17 Å².